The molecule has 0 aliphatic rings. The summed E-state index contributed by atoms with van der Waals surface area (Å²) in [5, 5.41) is 0. The molecule has 1 unspecified atom stereocenters. The van der Waals surface area contributed by atoms with Crippen molar-refractivity contribution in [2.45, 2.75) is 39.8 Å². The maximum absolute atomic E-state index is 6.03. The largest absolute Gasteiger partial charge is 0.329 e. The maximum Gasteiger partial charge on any atom is 0.0484 e. The van der Waals surface area contributed by atoms with E-state index in [9.17, 15) is 0 Å². The van der Waals surface area contributed by atoms with Crippen LogP contribution in [0.15, 0.2) is 28.7 Å². The first kappa shape index (κ1) is 15.7. The highest BCUT2D eigenvalue weighted by Gasteiger charge is 2.23. The fraction of sp³-hybridized carbons (Fsp3) is 0.600. The van der Waals surface area contributed by atoms with Gasteiger partial charge in [-0.2, -0.15) is 0 Å². The molecule has 0 aliphatic heterocycles. The Hall–Kier alpha value is -0.380. The maximum atomic E-state index is 6.03. The molecule has 0 bridgehead atoms. The average molecular weight is 313 g/mol. The average Bonchev–Trinajstić information content (AvgIpc) is 2.30. The molecule has 0 amide bonds. The number of hydrogen-bond donors (Lipinski definition) is 1. The van der Waals surface area contributed by atoms with Gasteiger partial charge in [0.15, 0.2) is 0 Å². The number of halogens is 1. The van der Waals surface area contributed by atoms with Crippen molar-refractivity contribution in [3.8, 4) is 0 Å². The molecule has 1 aromatic rings. The van der Waals surface area contributed by atoms with Gasteiger partial charge in [0.05, 0.1) is 0 Å². The zero-order chi connectivity index (χ0) is 13.7. The molecular weight excluding hydrogens is 288 g/mol. The second kappa shape index (κ2) is 7.27. The van der Waals surface area contributed by atoms with Gasteiger partial charge in [-0.1, -0.05) is 48.0 Å². The van der Waals surface area contributed by atoms with Crippen molar-refractivity contribution in [2.75, 3.05) is 13.1 Å². The first-order valence-electron chi connectivity index (χ1n) is 6.67. The molecule has 0 radical (unpaired) electrons. The van der Waals surface area contributed by atoms with Crippen molar-refractivity contribution in [3.05, 3.63) is 34.3 Å². The zero-order valence-corrected chi connectivity index (χ0v) is 13.4. The molecule has 0 fully saturated rings. The monoisotopic (exact) mass is 312 g/mol. The Bertz CT molecular complexity index is 363. The van der Waals surface area contributed by atoms with Gasteiger partial charge in [-0.25, -0.2) is 0 Å². The minimum atomic E-state index is 0.281. The van der Waals surface area contributed by atoms with Crippen molar-refractivity contribution in [1.82, 2.24) is 4.90 Å². The second-order valence-electron chi connectivity index (χ2n) is 5.46. The predicted octanol–water partition coefficient (Wildman–Crippen LogP) is 3.82. The summed E-state index contributed by atoms with van der Waals surface area (Å²) < 4.78 is 1.15. The van der Waals surface area contributed by atoms with E-state index in [1.165, 1.54) is 5.56 Å². The highest BCUT2D eigenvalue weighted by molar-refractivity contribution is 9.10. The van der Waals surface area contributed by atoms with Crippen LogP contribution in [0.2, 0.25) is 0 Å². The van der Waals surface area contributed by atoms with Gasteiger partial charge in [-0.05, 0) is 31.4 Å². The first-order chi connectivity index (χ1) is 8.47. The Morgan fingerprint density at radius 2 is 1.78 bits per heavy atom. The van der Waals surface area contributed by atoms with Crippen LogP contribution in [-0.4, -0.2) is 24.0 Å². The first-order valence-corrected chi connectivity index (χ1v) is 7.46. The Morgan fingerprint density at radius 3 is 2.22 bits per heavy atom. The molecule has 0 spiro atoms. The molecule has 2 N–H and O–H groups in total. The molecule has 0 aliphatic carbocycles. The number of hydrogen-bond acceptors (Lipinski definition) is 2. The third kappa shape index (κ3) is 4.08. The van der Waals surface area contributed by atoms with Crippen LogP contribution in [0.4, 0.5) is 0 Å². The molecule has 102 valence electrons. The summed E-state index contributed by atoms with van der Waals surface area (Å²) in [6, 6.07) is 9.15. The quantitative estimate of drug-likeness (QED) is 0.865. The van der Waals surface area contributed by atoms with E-state index >= 15 is 0 Å². The molecule has 1 rings (SSSR count). The lowest BCUT2D eigenvalue weighted by molar-refractivity contribution is 0.138. The van der Waals surface area contributed by atoms with Crippen LogP contribution >= 0.6 is 15.9 Å². The summed E-state index contributed by atoms with van der Waals surface area (Å²) in [5.74, 6) is 0.643. The molecular formula is C15H25BrN2. The van der Waals surface area contributed by atoms with E-state index in [4.69, 9.17) is 5.73 Å². The van der Waals surface area contributed by atoms with Gasteiger partial charge in [-0.15, -0.1) is 0 Å². The van der Waals surface area contributed by atoms with E-state index < -0.39 is 0 Å². The molecule has 0 saturated heterocycles. The number of nitrogens with zero attached hydrogens (tertiary/aromatic N) is 1. The van der Waals surface area contributed by atoms with Crippen LogP contribution in [0, 0.1) is 5.92 Å². The predicted molar refractivity (Wildman–Crippen MR) is 82.6 cm³/mol. The Morgan fingerprint density at radius 1 is 1.17 bits per heavy atom. The van der Waals surface area contributed by atoms with Crippen molar-refractivity contribution >= 4 is 15.9 Å². The van der Waals surface area contributed by atoms with Gasteiger partial charge in [0, 0.05) is 29.6 Å². The van der Waals surface area contributed by atoms with Crippen molar-refractivity contribution in [1.29, 1.82) is 0 Å². The van der Waals surface area contributed by atoms with Gasteiger partial charge in [0.25, 0.3) is 0 Å². The lowest BCUT2D eigenvalue weighted by Crippen LogP contribution is -2.41. The molecule has 2 nitrogen and oxygen atoms in total. The second-order valence-corrected chi connectivity index (χ2v) is 6.31. The van der Waals surface area contributed by atoms with Crippen LogP contribution in [0.3, 0.4) is 0 Å². The summed E-state index contributed by atoms with van der Waals surface area (Å²) >= 11 is 3.64. The van der Waals surface area contributed by atoms with E-state index in [0.29, 0.717) is 18.5 Å². The summed E-state index contributed by atoms with van der Waals surface area (Å²) in [6.45, 7) is 10.7. The smallest absolute Gasteiger partial charge is 0.0484 e. The molecule has 0 aromatic heterocycles. The van der Waals surface area contributed by atoms with E-state index in [1.807, 2.05) is 6.07 Å². The van der Waals surface area contributed by atoms with Crippen molar-refractivity contribution in [2.24, 2.45) is 11.7 Å². The number of benzene rings is 1. The van der Waals surface area contributed by atoms with E-state index in [-0.39, 0.29) is 6.04 Å². The van der Waals surface area contributed by atoms with Crippen LogP contribution < -0.4 is 5.73 Å². The summed E-state index contributed by atoms with van der Waals surface area (Å²) in [4.78, 5) is 2.49. The minimum Gasteiger partial charge on any atom is -0.329 e. The highest BCUT2D eigenvalue weighted by Crippen LogP contribution is 2.29. The SMILES string of the molecule is CC(C)CN(C(C)C)C(CN)c1ccccc1Br. The Balaban J connectivity index is 3.02. The summed E-state index contributed by atoms with van der Waals surface area (Å²) in [6.07, 6.45) is 0. The van der Waals surface area contributed by atoms with Crippen LogP contribution in [-0.2, 0) is 0 Å². The van der Waals surface area contributed by atoms with Crippen LogP contribution in [0.1, 0.15) is 39.3 Å². The molecule has 0 saturated carbocycles. The molecule has 0 heterocycles. The summed E-state index contributed by atoms with van der Waals surface area (Å²) in [7, 11) is 0. The third-order valence-corrected chi connectivity index (χ3v) is 3.85. The topological polar surface area (TPSA) is 29.3 Å². The van der Waals surface area contributed by atoms with Crippen molar-refractivity contribution in [3.63, 3.8) is 0 Å². The fourth-order valence-corrected chi connectivity index (χ4v) is 2.85. The molecule has 18 heavy (non-hydrogen) atoms. The van der Waals surface area contributed by atoms with E-state index in [0.717, 1.165) is 11.0 Å². The van der Waals surface area contributed by atoms with Gasteiger partial charge in [0.1, 0.15) is 0 Å². The zero-order valence-electron chi connectivity index (χ0n) is 11.9. The van der Waals surface area contributed by atoms with Gasteiger partial charge >= 0.3 is 0 Å². The normalized spacial score (nSPS) is 13.6. The lowest BCUT2D eigenvalue weighted by Gasteiger charge is -2.36. The van der Waals surface area contributed by atoms with Gasteiger partial charge in [-0.3, -0.25) is 4.90 Å². The van der Waals surface area contributed by atoms with E-state index in [1.54, 1.807) is 0 Å². The highest BCUT2D eigenvalue weighted by atomic mass is 79.9. The molecule has 1 aromatic carbocycles. The van der Waals surface area contributed by atoms with Crippen LogP contribution in [0.5, 0.6) is 0 Å². The lowest BCUT2D eigenvalue weighted by atomic mass is 10.0. The number of nitrogens with two attached hydrogens (primary N) is 1. The third-order valence-electron chi connectivity index (χ3n) is 3.13. The van der Waals surface area contributed by atoms with E-state index in [2.05, 4.69) is 66.7 Å². The summed E-state index contributed by atoms with van der Waals surface area (Å²) in [5.41, 5.74) is 7.31. The Kier molecular flexibility index (Phi) is 6.33. The standard InChI is InChI=1S/C15H25BrN2/c1-11(2)10-18(12(3)4)15(9-17)13-7-5-6-8-14(13)16/h5-8,11-12,15H,9-10,17H2,1-4H3. The van der Waals surface area contributed by atoms with Crippen molar-refractivity contribution < 1.29 is 0 Å². The molecule has 3 heteroatoms. The van der Waals surface area contributed by atoms with Gasteiger partial charge in [0.2, 0.25) is 0 Å². The number of rotatable bonds is 6. The van der Waals surface area contributed by atoms with Gasteiger partial charge < -0.3 is 5.73 Å². The molecule has 1 atom stereocenters. The van der Waals surface area contributed by atoms with Crippen LogP contribution in [0.25, 0.3) is 0 Å². The Labute approximate surface area is 120 Å². The fourth-order valence-electron chi connectivity index (χ4n) is 2.31. The minimum absolute atomic E-state index is 0.281.